The summed E-state index contributed by atoms with van der Waals surface area (Å²) in [6.45, 7) is 1.17. The minimum atomic E-state index is -4.16. The number of nitrogens with two attached hydrogens (primary N) is 1. The van der Waals surface area contributed by atoms with E-state index in [0.29, 0.717) is 5.56 Å². The van der Waals surface area contributed by atoms with E-state index in [0.717, 1.165) is 12.1 Å². The molecule has 10 heteroatoms. The Hall–Kier alpha value is -1.23. The van der Waals surface area contributed by atoms with Crippen molar-refractivity contribution in [1.82, 2.24) is 9.44 Å². The van der Waals surface area contributed by atoms with E-state index in [1.807, 2.05) is 9.44 Å². The number of nitrogens with one attached hydrogen (secondary N) is 2. The first-order valence-corrected chi connectivity index (χ1v) is 8.69. The highest BCUT2D eigenvalue weighted by Crippen LogP contribution is 2.21. The number of hydrogen-bond acceptors (Lipinski definition) is 5. The fourth-order valence-corrected chi connectivity index (χ4v) is 3.19. The maximum atomic E-state index is 13.6. The molecule has 1 aromatic carbocycles. The molecule has 4 N–H and O–H groups in total. The monoisotopic (exact) mass is 325 g/mol. The molecule has 0 heterocycles. The average molecular weight is 325 g/mol. The molecule has 0 saturated carbocycles. The van der Waals surface area contributed by atoms with Crippen LogP contribution in [0.2, 0.25) is 0 Å². The van der Waals surface area contributed by atoms with Crippen molar-refractivity contribution in [3.05, 3.63) is 23.5 Å². The number of aryl methyl sites for hydroxylation is 1. The van der Waals surface area contributed by atoms with Crippen LogP contribution in [0.1, 0.15) is 5.56 Å². The molecule has 0 bridgehead atoms. The molecular weight excluding hydrogens is 309 g/mol. The van der Waals surface area contributed by atoms with Crippen molar-refractivity contribution < 1.29 is 21.2 Å². The van der Waals surface area contributed by atoms with Gasteiger partial charge in [0.2, 0.25) is 20.0 Å². The van der Waals surface area contributed by atoms with Gasteiger partial charge >= 0.3 is 0 Å². The van der Waals surface area contributed by atoms with Crippen molar-refractivity contribution in [2.24, 2.45) is 0 Å². The van der Waals surface area contributed by atoms with E-state index in [4.69, 9.17) is 5.73 Å². The summed E-state index contributed by atoms with van der Waals surface area (Å²) in [5.41, 5.74) is 6.09. The van der Waals surface area contributed by atoms with Crippen LogP contribution in [0.5, 0.6) is 0 Å². The molecule has 0 saturated heterocycles. The largest absolute Gasteiger partial charge is 0.398 e. The van der Waals surface area contributed by atoms with E-state index in [1.165, 1.54) is 7.05 Å². The Bertz CT molecular complexity index is 701. The Morgan fingerprint density at radius 2 is 1.85 bits per heavy atom. The van der Waals surface area contributed by atoms with Crippen LogP contribution < -0.4 is 15.2 Å². The summed E-state index contributed by atoms with van der Waals surface area (Å²) in [7, 11) is -6.49. The van der Waals surface area contributed by atoms with E-state index in [-0.39, 0.29) is 12.2 Å². The fraction of sp³-hybridized carbons (Fsp3) is 0.400. The summed E-state index contributed by atoms with van der Waals surface area (Å²) in [6, 6.07) is 2.01. The Kier molecular flexibility index (Phi) is 5.08. The number of hydrogen-bond donors (Lipinski definition) is 3. The Morgan fingerprint density at radius 1 is 1.25 bits per heavy atom. The van der Waals surface area contributed by atoms with Crippen LogP contribution in [0.15, 0.2) is 17.0 Å². The summed E-state index contributed by atoms with van der Waals surface area (Å²) < 4.78 is 63.7. The minimum Gasteiger partial charge on any atom is -0.398 e. The van der Waals surface area contributed by atoms with Crippen LogP contribution >= 0.6 is 0 Å². The third-order valence-electron chi connectivity index (χ3n) is 2.58. The van der Waals surface area contributed by atoms with Crippen LogP contribution in [0.3, 0.4) is 0 Å². The van der Waals surface area contributed by atoms with Gasteiger partial charge in [-0.15, -0.1) is 0 Å². The molecule has 0 fully saturated rings. The molecule has 114 valence electrons. The molecule has 0 atom stereocenters. The zero-order valence-corrected chi connectivity index (χ0v) is 12.6. The molecule has 20 heavy (non-hydrogen) atoms. The lowest BCUT2D eigenvalue weighted by Gasteiger charge is -2.10. The maximum Gasteiger partial charge on any atom is 0.243 e. The first-order chi connectivity index (χ1) is 9.09. The lowest BCUT2D eigenvalue weighted by atomic mass is 10.2. The first-order valence-electron chi connectivity index (χ1n) is 5.55. The van der Waals surface area contributed by atoms with Crippen LogP contribution in [-0.2, 0) is 20.0 Å². The molecule has 0 amide bonds. The third kappa shape index (κ3) is 4.13. The summed E-state index contributed by atoms with van der Waals surface area (Å²) in [5, 5.41) is 0. The Balaban J connectivity index is 2.93. The molecule has 0 aromatic heterocycles. The van der Waals surface area contributed by atoms with E-state index in [1.54, 1.807) is 6.92 Å². The second-order valence-corrected chi connectivity index (χ2v) is 7.84. The fourth-order valence-electron chi connectivity index (χ4n) is 1.36. The van der Waals surface area contributed by atoms with Gasteiger partial charge in [-0.3, -0.25) is 0 Å². The molecule has 7 nitrogen and oxygen atoms in total. The highest BCUT2D eigenvalue weighted by atomic mass is 32.2. The lowest BCUT2D eigenvalue weighted by Crippen LogP contribution is -2.33. The van der Waals surface area contributed by atoms with Crippen molar-refractivity contribution >= 4 is 25.7 Å². The standard InChI is InChI=1S/C10H16FN3O4S2/c1-7-5-8(11)10(6-9(7)12)20(17,18)14-3-4-19(15,16)13-2/h5-6,13-14H,3-4,12H2,1-2H3. The van der Waals surface area contributed by atoms with Crippen LogP contribution in [0, 0.1) is 12.7 Å². The van der Waals surface area contributed by atoms with Gasteiger partial charge in [-0.1, -0.05) is 0 Å². The van der Waals surface area contributed by atoms with E-state index < -0.39 is 36.5 Å². The second-order valence-electron chi connectivity index (χ2n) is 4.06. The van der Waals surface area contributed by atoms with Gasteiger partial charge in [0.1, 0.15) is 10.7 Å². The molecule has 0 spiro atoms. The van der Waals surface area contributed by atoms with Gasteiger partial charge in [-0.05, 0) is 31.7 Å². The quantitative estimate of drug-likeness (QED) is 0.612. The zero-order chi connectivity index (χ0) is 15.6. The number of halogens is 1. The van der Waals surface area contributed by atoms with Crippen molar-refractivity contribution in [1.29, 1.82) is 0 Å². The number of rotatable bonds is 6. The van der Waals surface area contributed by atoms with Gasteiger partial charge in [0, 0.05) is 12.2 Å². The Morgan fingerprint density at radius 3 is 2.40 bits per heavy atom. The van der Waals surface area contributed by atoms with Crippen molar-refractivity contribution in [2.45, 2.75) is 11.8 Å². The SMILES string of the molecule is CNS(=O)(=O)CCNS(=O)(=O)c1cc(N)c(C)cc1F. The molecule has 1 aromatic rings. The van der Waals surface area contributed by atoms with E-state index in [2.05, 4.69) is 0 Å². The summed E-state index contributed by atoms with van der Waals surface area (Å²) in [5.74, 6) is -1.40. The van der Waals surface area contributed by atoms with Gasteiger partial charge in [-0.2, -0.15) is 0 Å². The number of sulfonamides is 2. The highest BCUT2D eigenvalue weighted by Gasteiger charge is 2.20. The van der Waals surface area contributed by atoms with Crippen LogP contribution in [-0.4, -0.2) is 36.2 Å². The number of nitrogen functional groups attached to an aromatic ring is 1. The summed E-state index contributed by atoms with van der Waals surface area (Å²) >= 11 is 0. The molecule has 0 aliphatic heterocycles. The van der Waals surface area contributed by atoms with E-state index in [9.17, 15) is 21.2 Å². The van der Waals surface area contributed by atoms with Gasteiger partial charge in [-0.25, -0.2) is 30.7 Å². The average Bonchev–Trinajstić information content (AvgIpc) is 2.33. The van der Waals surface area contributed by atoms with Crippen LogP contribution in [0.25, 0.3) is 0 Å². The lowest BCUT2D eigenvalue weighted by molar-refractivity contribution is 0.557. The normalized spacial score (nSPS) is 12.6. The molecular formula is C10H16FN3O4S2. The van der Waals surface area contributed by atoms with Crippen molar-refractivity contribution in [3.8, 4) is 0 Å². The molecule has 1 rings (SSSR count). The first kappa shape index (κ1) is 16.8. The number of benzene rings is 1. The molecule has 0 radical (unpaired) electrons. The zero-order valence-electron chi connectivity index (χ0n) is 11.0. The van der Waals surface area contributed by atoms with Crippen LogP contribution in [0.4, 0.5) is 10.1 Å². The smallest absolute Gasteiger partial charge is 0.243 e. The minimum absolute atomic E-state index is 0.134. The van der Waals surface area contributed by atoms with E-state index >= 15 is 0 Å². The maximum absolute atomic E-state index is 13.6. The second kappa shape index (κ2) is 6.04. The highest BCUT2D eigenvalue weighted by molar-refractivity contribution is 7.90. The molecule has 0 aliphatic rings. The number of anilines is 1. The van der Waals surface area contributed by atoms with Crippen molar-refractivity contribution in [2.75, 3.05) is 25.1 Å². The van der Waals surface area contributed by atoms with Gasteiger partial charge < -0.3 is 5.73 Å². The van der Waals surface area contributed by atoms with Gasteiger partial charge in [0.05, 0.1) is 5.75 Å². The predicted octanol–water partition coefficient (Wildman–Crippen LogP) is -0.456. The Labute approximate surface area is 117 Å². The molecule has 0 unspecified atom stereocenters. The van der Waals surface area contributed by atoms with Gasteiger partial charge in [0.25, 0.3) is 0 Å². The molecule has 0 aliphatic carbocycles. The topological polar surface area (TPSA) is 118 Å². The summed E-state index contributed by atoms with van der Waals surface area (Å²) in [4.78, 5) is -0.609. The van der Waals surface area contributed by atoms with Crippen molar-refractivity contribution in [3.63, 3.8) is 0 Å². The summed E-state index contributed by atoms with van der Waals surface area (Å²) in [6.07, 6.45) is 0. The van der Waals surface area contributed by atoms with Gasteiger partial charge in [0.15, 0.2) is 0 Å². The predicted molar refractivity (Wildman–Crippen MR) is 73.6 cm³/mol. The third-order valence-corrected chi connectivity index (χ3v) is 5.42.